The molecule has 0 bridgehead atoms. The van der Waals surface area contributed by atoms with E-state index in [4.69, 9.17) is 0 Å². The molecule has 0 atom stereocenters. The maximum absolute atomic E-state index is 13.2. The number of benzene rings is 5. The number of amides is 2. The minimum Gasteiger partial charge on any atom is -0.872 e. The molecule has 5 rings (SSSR count). The van der Waals surface area contributed by atoms with Crippen molar-refractivity contribution in [3.63, 3.8) is 0 Å². The number of rotatable bonds is 7. The van der Waals surface area contributed by atoms with Crippen molar-refractivity contribution in [2.45, 2.75) is 14.7 Å². The van der Waals surface area contributed by atoms with Crippen LogP contribution in [-0.4, -0.2) is 44.9 Å². The second-order valence-electron chi connectivity index (χ2n) is 9.53. The smallest absolute Gasteiger partial charge is 0.872 e. The molecule has 16 nitrogen and oxygen atoms in total. The number of urea groups is 1. The number of hydrogen-bond donors (Lipinski definition) is 4. The van der Waals surface area contributed by atoms with Crippen molar-refractivity contribution in [3.05, 3.63) is 78.9 Å². The van der Waals surface area contributed by atoms with Gasteiger partial charge in [-0.2, -0.15) is 21.9 Å². The van der Waals surface area contributed by atoms with E-state index in [1.807, 2.05) is 0 Å². The van der Waals surface area contributed by atoms with E-state index in [1.54, 1.807) is 0 Å². The van der Waals surface area contributed by atoms with Crippen LogP contribution in [0.4, 0.5) is 27.5 Å². The number of anilines is 2. The van der Waals surface area contributed by atoms with E-state index >= 15 is 0 Å². The zero-order chi connectivity index (χ0) is 33.6. The molecule has 0 aliphatic carbocycles. The first-order valence-corrected chi connectivity index (χ1v) is 16.7. The SMILES string of the molecule is O=C(Nc1ccc2c([O-])cc(S(=O)(=O)O)cc2c1)Nc1ccc2c([O-])c(N=Nc3cccc(S(=O)(=O)[O-])c3)c(S(=O)(=O)O)cc2c1.[Na+].[Na+].[Na+]. The molecule has 0 radical (unpaired) electrons. The summed E-state index contributed by atoms with van der Waals surface area (Å²) in [7, 11) is -14.6. The van der Waals surface area contributed by atoms with Gasteiger partial charge in [-0.15, -0.1) is 5.11 Å². The summed E-state index contributed by atoms with van der Waals surface area (Å²) in [6.45, 7) is 0. The predicted octanol–water partition coefficient (Wildman–Crippen LogP) is -5.39. The third-order valence-corrected chi connectivity index (χ3v) is 8.91. The molecule has 5 aromatic rings. The standard InChI is InChI=1S/C27H20N4O12S3.3Na/c32-23-13-20(45(38,39)40)10-14-8-16(4-6-21(14)23)28-27(34)29-17-5-7-22-15(9-17)11-24(46(41,42)43)25(26(22)33)31-30-18-2-1-3-19(12-18)44(35,36)37;;;/h1-13,32-33H,(H2,28,29,34)(H,35,36,37)(H,38,39,40)(H,41,42,43);;;/q;3*+1/p-3. The molecular formula is C27H17N4Na3O12S3. The van der Waals surface area contributed by atoms with Crippen LogP contribution >= 0.6 is 0 Å². The van der Waals surface area contributed by atoms with Crippen molar-refractivity contribution in [2.75, 3.05) is 10.6 Å². The summed E-state index contributed by atoms with van der Waals surface area (Å²) in [5.74, 6) is -1.66. The second-order valence-corrected chi connectivity index (χ2v) is 13.7. The van der Waals surface area contributed by atoms with Crippen LogP contribution in [0.5, 0.6) is 11.5 Å². The van der Waals surface area contributed by atoms with Crippen LogP contribution in [0.2, 0.25) is 0 Å². The molecule has 2 amide bonds. The fourth-order valence-electron chi connectivity index (χ4n) is 4.34. The fraction of sp³-hybridized carbons (Fsp3) is 0. The molecule has 238 valence electrons. The van der Waals surface area contributed by atoms with Gasteiger partial charge in [0.15, 0.2) is 0 Å². The van der Waals surface area contributed by atoms with Gasteiger partial charge in [-0.3, -0.25) is 9.11 Å². The van der Waals surface area contributed by atoms with E-state index < -0.39 is 68.3 Å². The molecule has 0 saturated heterocycles. The van der Waals surface area contributed by atoms with E-state index in [0.29, 0.717) is 0 Å². The molecule has 0 unspecified atom stereocenters. The number of carbonyl (C=O) groups is 1. The van der Waals surface area contributed by atoms with E-state index in [-0.39, 0.29) is 127 Å². The van der Waals surface area contributed by atoms with E-state index in [0.717, 1.165) is 30.3 Å². The van der Waals surface area contributed by atoms with Crippen molar-refractivity contribution < 1.29 is 143 Å². The van der Waals surface area contributed by atoms with Gasteiger partial charge in [-0.05, 0) is 82.2 Å². The van der Waals surface area contributed by atoms with Crippen molar-refractivity contribution in [1.29, 1.82) is 0 Å². The average molecular weight is 755 g/mol. The van der Waals surface area contributed by atoms with Crippen LogP contribution in [0.1, 0.15) is 0 Å². The Morgan fingerprint density at radius 2 is 1.22 bits per heavy atom. The number of nitrogens with zero attached hydrogens (tertiary/aromatic N) is 2. The first-order valence-electron chi connectivity index (χ1n) is 12.4. The molecule has 49 heavy (non-hydrogen) atoms. The third kappa shape index (κ3) is 10.2. The molecule has 0 aromatic heterocycles. The number of azo groups is 1. The van der Waals surface area contributed by atoms with E-state index in [1.165, 1.54) is 48.5 Å². The number of fused-ring (bicyclic) bond motifs is 2. The maximum Gasteiger partial charge on any atom is 1.00 e. The molecule has 0 saturated carbocycles. The first kappa shape index (κ1) is 43.0. The van der Waals surface area contributed by atoms with Crippen molar-refractivity contribution in [3.8, 4) is 11.5 Å². The molecule has 5 aromatic carbocycles. The van der Waals surface area contributed by atoms with Crippen molar-refractivity contribution >= 4 is 80.7 Å². The Bertz CT molecular complexity index is 2460. The van der Waals surface area contributed by atoms with Gasteiger partial charge in [0.1, 0.15) is 15.0 Å². The third-order valence-electron chi connectivity index (χ3n) is 6.38. The Hall–Kier alpha value is -2.18. The molecule has 0 spiro atoms. The van der Waals surface area contributed by atoms with Crippen LogP contribution in [0.3, 0.4) is 0 Å². The number of carbonyl (C=O) groups excluding carboxylic acids is 1. The molecule has 22 heteroatoms. The van der Waals surface area contributed by atoms with E-state index in [9.17, 15) is 53.9 Å². The molecule has 0 heterocycles. The van der Waals surface area contributed by atoms with Gasteiger partial charge < -0.3 is 25.4 Å². The Labute approximate surface area is 345 Å². The zero-order valence-electron chi connectivity index (χ0n) is 25.6. The fourth-order valence-corrected chi connectivity index (χ4v) is 6.04. The zero-order valence-corrected chi connectivity index (χ0v) is 34.1. The summed E-state index contributed by atoms with van der Waals surface area (Å²) in [6.07, 6.45) is 0. The normalized spacial score (nSPS) is 11.7. The predicted molar refractivity (Wildman–Crippen MR) is 158 cm³/mol. The van der Waals surface area contributed by atoms with Gasteiger partial charge >= 0.3 is 94.7 Å². The molecule has 0 fully saturated rings. The second kappa shape index (κ2) is 16.4. The number of nitrogens with one attached hydrogen (secondary N) is 2. The molecule has 4 N–H and O–H groups in total. The summed E-state index contributed by atoms with van der Waals surface area (Å²) < 4.78 is 100. The molecule has 0 aliphatic heterocycles. The Kier molecular flexibility index (Phi) is 14.4. The quantitative estimate of drug-likeness (QED) is 0.0689. The van der Waals surface area contributed by atoms with Gasteiger partial charge in [-0.1, -0.05) is 29.7 Å². The van der Waals surface area contributed by atoms with Crippen molar-refractivity contribution in [2.24, 2.45) is 10.2 Å². The number of hydrogen-bond acceptors (Lipinski definition) is 12. The summed E-state index contributed by atoms with van der Waals surface area (Å²) >= 11 is 0. The Morgan fingerprint density at radius 3 is 1.78 bits per heavy atom. The van der Waals surface area contributed by atoms with Gasteiger partial charge in [0.25, 0.3) is 20.2 Å². The average Bonchev–Trinajstić information content (AvgIpc) is 2.95. The van der Waals surface area contributed by atoms with Gasteiger partial charge in [0, 0.05) is 11.4 Å². The van der Waals surface area contributed by atoms with Gasteiger partial charge in [0.2, 0.25) is 0 Å². The minimum atomic E-state index is -5.07. The topological polar surface area (TPSA) is 278 Å². The van der Waals surface area contributed by atoms with Crippen LogP contribution in [0.25, 0.3) is 21.5 Å². The summed E-state index contributed by atoms with van der Waals surface area (Å²) in [6, 6.07) is 13.9. The molecule has 0 aliphatic rings. The first-order chi connectivity index (χ1) is 21.4. The monoisotopic (exact) mass is 754 g/mol. The Morgan fingerprint density at radius 1 is 0.653 bits per heavy atom. The van der Waals surface area contributed by atoms with Gasteiger partial charge in [0.05, 0.1) is 21.2 Å². The maximum atomic E-state index is 13.2. The van der Waals surface area contributed by atoms with Crippen LogP contribution in [0, 0.1) is 0 Å². The summed E-state index contributed by atoms with van der Waals surface area (Å²) in [5, 5.41) is 37.7. The van der Waals surface area contributed by atoms with Crippen LogP contribution < -0.4 is 110 Å². The minimum absolute atomic E-state index is 0. The summed E-state index contributed by atoms with van der Waals surface area (Å²) in [5.41, 5.74) is -0.825. The molecular weight excluding hydrogens is 737 g/mol. The van der Waals surface area contributed by atoms with Crippen molar-refractivity contribution in [1.82, 2.24) is 0 Å². The largest absolute Gasteiger partial charge is 1.00 e. The summed E-state index contributed by atoms with van der Waals surface area (Å²) in [4.78, 5) is 10.5. The van der Waals surface area contributed by atoms with Gasteiger partial charge in [-0.25, -0.2) is 13.2 Å². The van der Waals surface area contributed by atoms with E-state index in [2.05, 4.69) is 20.9 Å². The van der Waals surface area contributed by atoms with Crippen LogP contribution in [0.15, 0.2) is 104 Å². The van der Waals surface area contributed by atoms with Crippen LogP contribution in [-0.2, 0) is 30.4 Å². The Balaban J connectivity index is 0.00000278.